The van der Waals surface area contributed by atoms with Crippen molar-refractivity contribution in [2.45, 2.75) is 13.1 Å². The molecular formula is C15H15F3N2O2. The molecule has 0 amide bonds. The summed E-state index contributed by atoms with van der Waals surface area (Å²) in [5, 5.41) is 0.255. The van der Waals surface area contributed by atoms with Crippen LogP contribution in [0.4, 0.5) is 18.9 Å². The highest BCUT2D eigenvalue weighted by molar-refractivity contribution is 6.05. The highest BCUT2D eigenvalue weighted by atomic mass is 19.4. The number of esters is 1. The highest BCUT2D eigenvalue weighted by Gasteiger charge is 2.34. The van der Waals surface area contributed by atoms with Gasteiger partial charge < -0.3 is 9.64 Å². The van der Waals surface area contributed by atoms with Crippen molar-refractivity contribution in [2.24, 2.45) is 0 Å². The fraction of sp³-hybridized carbons (Fsp3) is 0.333. The third-order valence-electron chi connectivity index (χ3n) is 3.12. The lowest BCUT2D eigenvalue weighted by Crippen LogP contribution is -2.17. The Balaban J connectivity index is 2.79. The second-order valence-corrected chi connectivity index (χ2v) is 4.83. The van der Waals surface area contributed by atoms with E-state index in [2.05, 4.69) is 4.98 Å². The second kappa shape index (κ2) is 5.82. The Bertz CT molecular complexity index is 712. The number of pyridine rings is 1. The summed E-state index contributed by atoms with van der Waals surface area (Å²) in [5.41, 5.74) is -0.525. The summed E-state index contributed by atoms with van der Waals surface area (Å²) in [5.74, 6) is -0.613. The Labute approximate surface area is 125 Å². The van der Waals surface area contributed by atoms with E-state index in [0.717, 1.165) is 12.3 Å². The molecule has 2 rings (SSSR count). The van der Waals surface area contributed by atoms with Crippen LogP contribution in [0.1, 0.15) is 22.8 Å². The first kappa shape index (κ1) is 16.1. The van der Waals surface area contributed by atoms with Gasteiger partial charge in [-0.2, -0.15) is 13.2 Å². The number of halogens is 3. The van der Waals surface area contributed by atoms with E-state index in [9.17, 15) is 18.0 Å². The number of fused-ring (bicyclic) bond motifs is 1. The van der Waals surface area contributed by atoms with Crippen molar-refractivity contribution in [3.63, 3.8) is 0 Å². The van der Waals surface area contributed by atoms with Gasteiger partial charge in [0, 0.05) is 25.7 Å². The predicted molar refractivity (Wildman–Crippen MR) is 77.0 cm³/mol. The van der Waals surface area contributed by atoms with Crippen LogP contribution in [0.25, 0.3) is 10.9 Å². The third kappa shape index (κ3) is 2.84. The maximum Gasteiger partial charge on any atom is 0.418 e. The van der Waals surface area contributed by atoms with Crippen LogP contribution in [0.15, 0.2) is 24.4 Å². The van der Waals surface area contributed by atoms with E-state index in [-0.39, 0.29) is 23.1 Å². The van der Waals surface area contributed by atoms with Crippen molar-refractivity contribution in [3.05, 3.63) is 35.5 Å². The molecule has 4 nitrogen and oxygen atoms in total. The Morgan fingerprint density at radius 1 is 1.32 bits per heavy atom. The Hall–Kier alpha value is -2.31. The molecule has 1 aromatic heterocycles. The minimum atomic E-state index is -4.51. The van der Waals surface area contributed by atoms with E-state index in [4.69, 9.17) is 4.74 Å². The van der Waals surface area contributed by atoms with Gasteiger partial charge in [0.1, 0.15) is 5.56 Å². The maximum atomic E-state index is 13.1. The van der Waals surface area contributed by atoms with Crippen molar-refractivity contribution in [2.75, 3.05) is 25.6 Å². The van der Waals surface area contributed by atoms with Gasteiger partial charge in [-0.1, -0.05) is 12.1 Å². The van der Waals surface area contributed by atoms with Crippen molar-refractivity contribution >= 4 is 22.6 Å². The zero-order valence-corrected chi connectivity index (χ0v) is 12.4. The number of rotatable bonds is 3. The fourth-order valence-corrected chi connectivity index (χ4v) is 2.28. The topological polar surface area (TPSA) is 42.4 Å². The van der Waals surface area contributed by atoms with Crippen molar-refractivity contribution < 1.29 is 22.7 Å². The van der Waals surface area contributed by atoms with Crippen LogP contribution in [-0.2, 0) is 10.9 Å². The van der Waals surface area contributed by atoms with Crippen molar-refractivity contribution in [1.29, 1.82) is 0 Å². The molecule has 0 saturated heterocycles. The molecule has 0 aliphatic heterocycles. The van der Waals surface area contributed by atoms with E-state index in [1.54, 1.807) is 25.9 Å². The van der Waals surface area contributed by atoms with Crippen molar-refractivity contribution in [3.8, 4) is 0 Å². The van der Waals surface area contributed by atoms with E-state index in [0.29, 0.717) is 5.69 Å². The summed E-state index contributed by atoms with van der Waals surface area (Å²) in [4.78, 5) is 17.4. The normalized spacial score (nSPS) is 11.5. The van der Waals surface area contributed by atoms with Crippen LogP contribution in [0.2, 0.25) is 0 Å². The van der Waals surface area contributed by atoms with Crippen molar-refractivity contribution in [1.82, 2.24) is 4.98 Å². The fourth-order valence-electron chi connectivity index (χ4n) is 2.28. The molecule has 0 aliphatic rings. The molecule has 0 N–H and O–H groups in total. The second-order valence-electron chi connectivity index (χ2n) is 4.83. The molecule has 0 bridgehead atoms. The molecule has 0 fully saturated rings. The Morgan fingerprint density at radius 2 is 2.00 bits per heavy atom. The smallest absolute Gasteiger partial charge is 0.418 e. The van der Waals surface area contributed by atoms with Gasteiger partial charge in [-0.05, 0) is 13.0 Å². The Kier molecular flexibility index (Phi) is 4.25. The number of nitrogens with zero attached hydrogens (tertiary/aromatic N) is 2. The maximum absolute atomic E-state index is 13.1. The summed E-state index contributed by atoms with van der Waals surface area (Å²) < 4.78 is 44.2. The van der Waals surface area contributed by atoms with Crippen LogP contribution >= 0.6 is 0 Å². The molecule has 0 radical (unpaired) electrons. The van der Waals surface area contributed by atoms with Gasteiger partial charge in [-0.25, -0.2) is 4.79 Å². The SMILES string of the molecule is CCOC(=O)c1cnc2c(C(F)(F)F)cccc2c1N(C)C. The quantitative estimate of drug-likeness (QED) is 0.814. The minimum Gasteiger partial charge on any atom is -0.462 e. The number of aromatic nitrogens is 1. The molecule has 118 valence electrons. The number of anilines is 1. The lowest BCUT2D eigenvalue weighted by Gasteiger charge is -2.20. The molecule has 1 heterocycles. The molecule has 1 aromatic carbocycles. The monoisotopic (exact) mass is 312 g/mol. The van der Waals surface area contributed by atoms with Crippen LogP contribution in [-0.4, -0.2) is 31.7 Å². The van der Waals surface area contributed by atoms with E-state index < -0.39 is 17.7 Å². The van der Waals surface area contributed by atoms with Gasteiger partial charge in [-0.15, -0.1) is 0 Å². The van der Waals surface area contributed by atoms with E-state index in [1.165, 1.54) is 12.1 Å². The number of hydrogen-bond donors (Lipinski definition) is 0. The van der Waals surface area contributed by atoms with Gasteiger partial charge in [0.25, 0.3) is 0 Å². The van der Waals surface area contributed by atoms with Gasteiger partial charge in [0.15, 0.2) is 0 Å². The number of carbonyl (C=O) groups is 1. The number of carbonyl (C=O) groups excluding carboxylic acids is 1. The van der Waals surface area contributed by atoms with Gasteiger partial charge in [0.05, 0.1) is 23.4 Å². The van der Waals surface area contributed by atoms with Crippen LogP contribution in [0.5, 0.6) is 0 Å². The first-order valence-corrected chi connectivity index (χ1v) is 6.60. The van der Waals surface area contributed by atoms with Crippen LogP contribution in [0, 0.1) is 0 Å². The lowest BCUT2D eigenvalue weighted by atomic mass is 10.0. The van der Waals surface area contributed by atoms with Crippen LogP contribution < -0.4 is 4.90 Å². The molecular weight excluding hydrogens is 297 g/mol. The molecule has 0 spiro atoms. The minimum absolute atomic E-state index is 0.138. The highest BCUT2D eigenvalue weighted by Crippen LogP contribution is 2.37. The Morgan fingerprint density at radius 3 is 2.55 bits per heavy atom. The molecule has 7 heteroatoms. The molecule has 0 atom stereocenters. The number of ether oxygens (including phenoxy) is 1. The average molecular weight is 312 g/mol. The molecule has 0 saturated carbocycles. The van der Waals surface area contributed by atoms with E-state index >= 15 is 0 Å². The van der Waals surface area contributed by atoms with Gasteiger partial charge >= 0.3 is 12.1 Å². The summed E-state index contributed by atoms with van der Waals surface area (Å²) in [6.45, 7) is 1.83. The molecule has 2 aromatic rings. The first-order valence-electron chi connectivity index (χ1n) is 6.60. The average Bonchev–Trinajstić information content (AvgIpc) is 2.44. The molecule has 22 heavy (non-hydrogen) atoms. The molecule has 0 aliphatic carbocycles. The third-order valence-corrected chi connectivity index (χ3v) is 3.12. The zero-order valence-electron chi connectivity index (χ0n) is 12.4. The zero-order chi connectivity index (χ0) is 16.5. The predicted octanol–water partition coefficient (Wildman–Crippen LogP) is 3.50. The van der Waals surface area contributed by atoms with E-state index in [1.807, 2.05) is 0 Å². The van der Waals surface area contributed by atoms with Crippen LogP contribution in [0.3, 0.4) is 0 Å². The number of para-hydroxylation sites is 1. The first-order chi connectivity index (χ1) is 10.3. The number of alkyl halides is 3. The van der Waals surface area contributed by atoms with Gasteiger partial charge in [-0.3, -0.25) is 4.98 Å². The number of benzene rings is 1. The summed E-state index contributed by atoms with van der Waals surface area (Å²) >= 11 is 0. The standard InChI is InChI=1S/C15H15F3N2O2/c1-4-22-14(21)10-8-19-12-9(13(10)20(2)3)6-5-7-11(12)15(16,17)18/h5-8H,4H2,1-3H3. The number of hydrogen-bond acceptors (Lipinski definition) is 4. The molecule has 0 unspecified atom stereocenters. The van der Waals surface area contributed by atoms with Gasteiger partial charge in [0.2, 0.25) is 0 Å². The summed E-state index contributed by atoms with van der Waals surface area (Å²) in [6, 6.07) is 3.78. The lowest BCUT2D eigenvalue weighted by molar-refractivity contribution is -0.136. The summed E-state index contributed by atoms with van der Waals surface area (Å²) in [7, 11) is 3.30. The summed E-state index contributed by atoms with van der Waals surface area (Å²) in [6.07, 6.45) is -3.38. The largest absolute Gasteiger partial charge is 0.462 e.